The van der Waals surface area contributed by atoms with Crippen molar-refractivity contribution in [2.24, 2.45) is 11.1 Å². The van der Waals surface area contributed by atoms with Crippen LogP contribution in [0.5, 0.6) is 0 Å². The third kappa shape index (κ3) is 3.18. The van der Waals surface area contributed by atoms with Gasteiger partial charge in [0.15, 0.2) is 5.54 Å². The number of methoxy groups -OCH3 is 1. The summed E-state index contributed by atoms with van der Waals surface area (Å²) in [7, 11) is 1.80. The molecule has 1 spiro atoms. The van der Waals surface area contributed by atoms with Crippen LogP contribution in [0.3, 0.4) is 0 Å². The Morgan fingerprint density at radius 2 is 1.93 bits per heavy atom. The fourth-order valence-electron chi connectivity index (χ4n) is 4.96. The second-order valence-corrected chi connectivity index (χ2v) is 8.92. The minimum absolute atomic E-state index is 0.0767. The molecule has 0 saturated heterocycles. The molecule has 0 aromatic heterocycles. The standard InChI is InChI=1S/C22H30BrNO3/c1-5-21(26-4)11-9-20(10-12-21)14-16-7-8-17(23)13-18(16)22(24,15(20)3)19(25)27-6-2/h7-8,13H,3,5-6,9-12,14,24H2,1-2,4H3. The molecular weight excluding hydrogens is 406 g/mol. The number of halogens is 1. The lowest BCUT2D eigenvalue weighted by atomic mass is 9.54. The Balaban J connectivity index is 2.07. The lowest BCUT2D eigenvalue weighted by Crippen LogP contribution is -2.57. The fourth-order valence-corrected chi connectivity index (χ4v) is 5.33. The van der Waals surface area contributed by atoms with Crippen molar-refractivity contribution in [3.05, 3.63) is 46.0 Å². The maximum atomic E-state index is 13.0. The van der Waals surface area contributed by atoms with E-state index in [1.54, 1.807) is 14.0 Å². The Labute approximate surface area is 170 Å². The van der Waals surface area contributed by atoms with Gasteiger partial charge in [0.2, 0.25) is 0 Å². The molecule has 27 heavy (non-hydrogen) atoms. The first-order valence-corrected chi connectivity index (χ1v) is 10.6. The number of esters is 1. The lowest BCUT2D eigenvalue weighted by molar-refractivity contribution is -0.149. The van der Waals surface area contributed by atoms with Gasteiger partial charge in [-0.25, -0.2) is 4.79 Å². The zero-order valence-electron chi connectivity index (χ0n) is 16.6. The summed E-state index contributed by atoms with van der Waals surface area (Å²) in [5.74, 6) is -0.410. The predicted octanol–water partition coefficient (Wildman–Crippen LogP) is 4.63. The van der Waals surface area contributed by atoms with Crippen molar-refractivity contribution in [2.45, 2.75) is 63.5 Å². The second-order valence-electron chi connectivity index (χ2n) is 8.01. The molecule has 3 rings (SSSR count). The van der Waals surface area contributed by atoms with Gasteiger partial charge in [0.25, 0.3) is 0 Å². The van der Waals surface area contributed by atoms with E-state index < -0.39 is 11.5 Å². The Bertz CT molecular complexity index is 746. The Morgan fingerprint density at radius 1 is 1.26 bits per heavy atom. The molecule has 0 bridgehead atoms. The van der Waals surface area contributed by atoms with Crippen molar-refractivity contribution in [3.8, 4) is 0 Å². The number of carbonyl (C=O) groups excluding carboxylic acids is 1. The molecule has 148 valence electrons. The van der Waals surface area contributed by atoms with Crippen LogP contribution in [0.1, 0.15) is 57.1 Å². The molecule has 4 nitrogen and oxygen atoms in total. The molecule has 0 heterocycles. The van der Waals surface area contributed by atoms with Gasteiger partial charge >= 0.3 is 5.97 Å². The molecule has 2 N–H and O–H groups in total. The summed E-state index contributed by atoms with van der Waals surface area (Å²) >= 11 is 3.52. The van der Waals surface area contributed by atoms with Crippen LogP contribution in [-0.2, 0) is 26.2 Å². The fraction of sp³-hybridized carbons (Fsp3) is 0.591. The maximum Gasteiger partial charge on any atom is 0.335 e. The molecule has 2 aliphatic carbocycles. The van der Waals surface area contributed by atoms with Gasteiger partial charge < -0.3 is 15.2 Å². The third-order valence-corrected chi connectivity index (χ3v) is 7.43. The minimum atomic E-state index is -1.31. The van der Waals surface area contributed by atoms with Crippen LogP contribution in [0, 0.1) is 5.41 Å². The van der Waals surface area contributed by atoms with Crippen LogP contribution in [-0.4, -0.2) is 25.3 Å². The zero-order valence-corrected chi connectivity index (χ0v) is 18.2. The van der Waals surface area contributed by atoms with Crippen molar-refractivity contribution in [1.29, 1.82) is 0 Å². The first-order valence-electron chi connectivity index (χ1n) is 9.77. The van der Waals surface area contributed by atoms with E-state index in [-0.39, 0.29) is 11.0 Å². The molecule has 0 radical (unpaired) electrons. The molecule has 0 aliphatic heterocycles. The first kappa shape index (κ1) is 20.6. The average molecular weight is 436 g/mol. The van der Waals surface area contributed by atoms with Gasteiger partial charge in [-0.15, -0.1) is 0 Å². The number of benzene rings is 1. The van der Waals surface area contributed by atoms with Crippen molar-refractivity contribution >= 4 is 21.9 Å². The molecule has 2 aliphatic rings. The highest BCUT2D eigenvalue weighted by Crippen LogP contribution is 2.57. The first-order chi connectivity index (χ1) is 12.8. The monoisotopic (exact) mass is 435 g/mol. The molecule has 1 aromatic carbocycles. The minimum Gasteiger partial charge on any atom is -0.464 e. The van der Waals surface area contributed by atoms with Gasteiger partial charge in [0.05, 0.1) is 12.2 Å². The number of rotatable bonds is 4. The molecule has 1 saturated carbocycles. The largest absolute Gasteiger partial charge is 0.464 e. The van der Waals surface area contributed by atoms with Crippen LogP contribution in [0.4, 0.5) is 0 Å². The molecule has 1 fully saturated rings. The van der Waals surface area contributed by atoms with E-state index in [9.17, 15) is 4.79 Å². The number of hydrogen-bond acceptors (Lipinski definition) is 4. The second kappa shape index (κ2) is 7.34. The van der Waals surface area contributed by atoms with E-state index >= 15 is 0 Å². The normalized spacial score (nSPS) is 33.0. The van der Waals surface area contributed by atoms with E-state index in [2.05, 4.69) is 35.5 Å². The zero-order chi connectivity index (χ0) is 19.9. The molecular formula is C22H30BrNO3. The summed E-state index contributed by atoms with van der Waals surface area (Å²) in [6, 6.07) is 6.03. The van der Waals surface area contributed by atoms with Crippen molar-refractivity contribution in [1.82, 2.24) is 0 Å². The Morgan fingerprint density at radius 3 is 2.48 bits per heavy atom. The summed E-state index contributed by atoms with van der Waals surface area (Å²) in [6.07, 6.45) is 5.58. The Kier molecular flexibility index (Phi) is 5.59. The maximum absolute atomic E-state index is 13.0. The van der Waals surface area contributed by atoms with Crippen LogP contribution >= 0.6 is 15.9 Å². The summed E-state index contributed by atoms with van der Waals surface area (Å²) in [5, 5.41) is 0. The topological polar surface area (TPSA) is 61.5 Å². The summed E-state index contributed by atoms with van der Waals surface area (Å²) < 4.78 is 12.2. The quantitative estimate of drug-likeness (QED) is 0.552. The van der Waals surface area contributed by atoms with E-state index in [4.69, 9.17) is 15.2 Å². The summed E-state index contributed by atoms with van der Waals surface area (Å²) in [4.78, 5) is 13.0. The number of hydrogen-bond donors (Lipinski definition) is 1. The van der Waals surface area contributed by atoms with Crippen molar-refractivity contribution < 1.29 is 14.3 Å². The third-order valence-electron chi connectivity index (χ3n) is 6.93. The number of ether oxygens (including phenoxy) is 2. The number of fused-ring (bicyclic) bond motifs is 1. The van der Waals surface area contributed by atoms with Gasteiger partial charge in [-0.1, -0.05) is 35.5 Å². The van der Waals surface area contributed by atoms with Crippen molar-refractivity contribution in [3.63, 3.8) is 0 Å². The highest BCUT2D eigenvalue weighted by Gasteiger charge is 2.56. The van der Waals surface area contributed by atoms with E-state index in [0.29, 0.717) is 6.61 Å². The van der Waals surface area contributed by atoms with E-state index in [1.165, 1.54) is 0 Å². The highest BCUT2D eigenvalue weighted by atomic mass is 79.9. The molecule has 1 unspecified atom stereocenters. The highest BCUT2D eigenvalue weighted by molar-refractivity contribution is 9.10. The van der Waals surface area contributed by atoms with Gasteiger partial charge in [-0.3, -0.25) is 0 Å². The lowest BCUT2D eigenvalue weighted by Gasteiger charge is -2.53. The molecule has 0 amide bonds. The summed E-state index contributed by atoms with van der Waals surface area (Å²) in [5.41, 5.74) is 7.96. The molecule has 1 aromatic rings. The molecule has 5 heteroatoms. The van der Waals surface area contributed by atoms with Crippen molar-refractivity contribution in [2.75, 3.05) is 13.7 Å². The Hall–Kier alpha value is -1.17. The predicted molar refractivity (Wildman–Crippen MR) is 110 cm³/mol. The average Bonchev–Trinajstić information content (AvgIpc) is 2.68. The number of carbonyl (C=O) groups is 1. The summed E-state index contributed by atoms with van der Waals surface area (Å²) in [6.45, 7) is 8.67. The molecule has 1 atom stereocenters. The van der Waals surface area contributed by atoms with Crippen LogP contribution in [0.25, 0.3) is 0 Å². The van der Waals surface area contributed by atoms with Gasteiger partial charge in [-0.05, 0) is 79.7 Å². The van der Waals surface area contributed by atoms with E-state index in [0.717, 1.165) is 59.7 Å². The SMILES string of the molecule is C=C1C2(CCC(CC)(OC)CC2)Cc2ccc(Br)cc2C1(N)C(=O)OCC. The van der Waals surface area contributed by atoms with E-state index in [1.807, 2.05) is 12.1 Å². The van der Waals surface area contributed by atoms with Gasteiger partial charge in [-0.2, -0.15) is 0 Å². The van der Waals surface area contributed by atoms with Crippen LogP contribution in [0.15, 0.2) is 34.8 Å². The van der Waals surface area contributed by atoms with Crippen LogP contribution < -0.4 is 5.73 Å². The van der Waals surface area contributed by atoms with Gasteiger partial charge in [0, 0.05) is 11.6 Å². The van der Waals surface area contributed by atoms with Gasteiger partial charge in [0.1, 0.15) is 0 Å². The van der Waals surface area contributed by atoms with Crippen LogP contribution in [0.2, 0.25) is 0 Å². The smallest absolute Gasteiger partial charge is 0.335 e. The number of nitrogens with two attached hydrogens (primary N) is 1.